The Bertz CT molecular complexity index is 897. The van der Waals surface area contributed by atoms with Crippen LogP contribution in [0.5, 0.6) is 11.5 Å². The molecule has 0 N–H and O–H groups in total. The van der Waals surface area contributed by atoms with Crippen molar-refractivity contribution in [3.05, 3.63) is 59.0 Å². The lowest BCUT2D eigenvalue weighted by Gasteiger charge is -2.10. The van der Waals surface area contributed by atoms with Gasteiger partial charge in [-0.05, 0) is 42.3 Å². The van der Waals surface area contributed by atoms with Crippen LogP contribution in [0.3, 0.4) is 0 Å². The quantitative estimate of drug-likeness (QED) is 0.704. The molecule has 0 saturated carbocycles. The lowest BCUT2D eigenvalue weighted by atomic mass is 10.2. The number of allylic oxidation sites excluding steroid dienone is 1. The number of nitrogens with zero attached hydrogens (tertiary/aromatic N) is 1. The third-order valence-corrected chi connectivity index (χ3v) is 5.08. The Morgan fingerprint density at radius 3 is 2.48 bits per heavy atom. The highest BCUT2D eigenvalue weighted by Crippen LogP contribution is 2.30. The number of hydrogen-bond donors (Lipinski definition) is 0. The molecule has 0 fully saturated rings. The monoisotopic (exact) mass is 357 g/mol. The Balaban J connectivity index is 2.42. The van der Waals surface area contributed by atoms with E-state index in [2.05, 4.69) is 0 Å². The molecule has 0 aliphatic carbocycles. The van der Waals surface area contributed by atoms with Gasteiger partial charge in [0.15, 0.2) is 11.5 Å². The van der Waals surface area contributed by atoms with Crippen LogP contribution in [0.15, 0.2) is 58.3 Å². The molecular weight excluding hydrogens is 338 g/mol. The number of nitriles is 1. The van der Waals surface area contributed by atoms with E-state index >= 15 is 0 Å². The van der Waals surface area contributed by atoms with E-state index in [4.69, 9.17) is 9.47 Å². The topological polar surface area (TPSA) is 76.4 Å². The SMILES string of the molecule is CCCOc1ccc(C=C(C#N)S(=O)(=O)c2ccccc2)cc1OC. The summed E-state index contributed by atoms with van der Waals surface area (Å²) in [5.74, 6) is 1.06. The van der Waals surface area contributed by atoms with Gasteiger partial charge in [-0.2, -0.15) is 5.26 Å². The van der Waals surface area contributed by atoms with Crippen LogP contribution in [0.4, 0.5) is 0 Å². The van der Waals surface area contributed by atoms with Crippen LogP contribution in [0.25, 0.3) is 6.08 Å². The van der Waals surface area contributed by atoms with Crippen LogP contribution in [-0.2, 0) is 9.84 Å². The zero-order valence-corrected chi connectivity index (χ0v) is 14.9. The van der Waals surface area contributed by atoms with Crippen molar-refractivity contribution in [1.29, 1.82) is 5.26 Å². The van der Waals surface area contributed by atoms with Gasteiger partial charge in [0, 0.05) is 0 Å². The van der Waals surface area contributed by atoms with Crippen LogP contribution in [0, 0.1) is 11.3 Å². The molecule has 5 nitrogen and oxygen atoms in total. The number of sulfone groups is 1. The van der Waals surface area contributed by atoms with Crippen molar-refractivity contribution in [2.24, 2.45) is 0 Å². The number of benzene rings is 2. The Labute approximate surface area is 148 Å². The fourth-order valence-electron chi connectivity index (χ4n) is 2.15. The summed E-state index contributed by atoms with van der Waals surface area (Å²) in [5, 5.41) is 9.33. The molecule has 0 aliphatic rings. The second-order valence-electron chi connectivity index (χ2n) is 5.20. The molecule has 6 heteroatoms. The van der Waals surface area contributed by atoms with E-state index in [1.807, 2.05) is 6.92 Å². The van der Waals surface area contributed by atoms with Gasteiger partial charge in [-0.25, -0.2) is 8.42 Å². The number of rotatable bonds is 7. The molecule has 0 radical (unpaired) electrons. The van der Waals surface area contributed by atoms with Crippen LogP contribution in [-0.4, -0.2) is 22.1 Å². The average Bonchev–Trinajstić information content (AvgIpc) is 2.65. The second-order valence-corrected chi connectivity index (χ2v) is 7.11. The predicted octanol–water partition coefficient (Wildman–Crippen LogP) is 3.82. The lowest BCUT2D eigenvalue weighted by molar-refractivity contribution is 0.294. The highest BCUT2D eigenvalue weighted by Gasteiger charge is 2.20. The van der Waals surface area contributed by atoms with E-state index in [0.29, 0.717) is 23.7 Å². The van der Waals surface area contributed by atoms with E-state index in [9.17, 15) is 13.7 Å². The standard InChI is InChI=1S/C19H19NO4S/c1-3-11-24-18-10-9-15(13-19(18)23-2)12-17(14-20)25(21,22)16-7-5-4-6-8-16/h4-10,12-13H,3,11H2,1-2H3. The smallest absolute Gasteiger partial charge is 0.216 e. The minimum absolute atomic E-state index is 0.0812. The molecule has 130 valence electrons. The van der Waals surface area contributed by atoms with Crippen LogP contribution in [0.1, 0.15) is 18.9 Å². The summed E-state index contributed by atoms with van der Waals surface area (Å²) in [7, 11) is -2.36. The first-order chi connectivity index (χ1) is 12.0. The van der Waals surface area contributed by atoms with Crippen LogP contribution < -0.4 is 9.47 Å². The van der Waals surface area contributed by atoms with Gasteiger partial charge < -0.3 is 9.47 Å². The van der Waals surface area contributed by atoms with Crippen molar-refractivity contribution in [3.63, 3.8) is 0 Å². The first kappa shape index (κ1) is 18.6. The van der Waals surface area contributed by atoms with E-state index in [-0.39, 0.29) is 9.80 Å². The first-order valence-corrected chi connectivity index (χ1v) is 9.24. The van der Waals surface area contributed by atoms with Gasteiger partial charge in [-0.15, -0.1) is 0 Å². The third kappa shape index (κ3) is 4.40. The summed E-state index contributed by atoms with van der Waals surface area (Å²) >= 11 is 0. The maximum atomic E-state index is 12.6. The average molecular weight is 357 g/mol. The summed E-state index contributed by atoms with van der Waals surface area (Å²) < 4.78 is 36.0. The number of methoxy groups -OCH3 is 1. The van der Waals surface area contributed by atoms with Crippen LogP contribution in [0.2, 0.25) is 0 Å². The normalized spacial score (nSPS) is 11.6. The van der Waals surface area contributed by atoms with Crippen molar-refractivity contribution in [2.75, 3.05) is 13.7 Å². The van der Waals surface area contributed by atoms with Crippen molar-refractivity contribution in [3.8, 4) is 17.6 Å². The molecule has 0 unspecified atom stereocenters. The maximum absolute atomic E-state index is 12.6. The Kier molecular flexibility index (Phi) is 6.20. The van der Waals surface area contributed by atoms with E-state index in [0.717, 1.165) is 6.42 Å². The van der Waals surface area contributed by atoms with Gasteiger partial charge in [0.1, 0.15) is 11.0 Å². The van der Waals surface area contributed by atoms with Gasteiger partial charge in [-0.1, -0.05) is 31.2 Å². The Morgan fingerprint density at radius 2 is 1.88 bits per heavy atom. The predicted molar refractivity (Wildman–Crippen MR) is 96.0 cm³/mol. The van der Waals surface area contributed by atoms with Gasteiger partial charge in [-0.3, -0.25) is 0 Å². The molecule has 0 heterocycles. The summed E-state index contributed by atoms with van der Waals surface area (Å²) in [6.45, 7) is 2.55. The maximum Gasteiger partial charge on any atom is 0.216 e. The first-order valence-electron chi connectivity index (χ1n) is 7.75. The Hall–Kier alpha value is -2.78. The molecule has 25 heavy (non-hydrogen) atoms. The second kappa shape index (κ2) is 8.36. The lowest BCUT2D eigenvalue weighted by Crippen LogP contribution is -2.03. The largest absolute Gasteiger partial charge is 0.493 e. The molecule has 0 aliphatic heterocycles. The molecule has 0 aromatic heterocycles. The van der Waals surface area contributed by atoms with E-state index in [1.54, 1.807) is 42.5 Å². The van der Waals surface area contributed by atoms with Gasteiger partial charge in [0.05, 0.1) is 18.6 Å². The molecule has 0 saturated heterocycles. The highest BCUT2D eigenvalue weighted by atomic mass is 32.2. The highest BCUT2D eigenvalue weighted by molar-refractivity contribution is 7.95. The number of hydrogen-bond acceptors (Lipinski definition) is 5. The van der Waals surface area contributed by atoms with Crippen LogP contribution >= 0.6 is 0 Å². The summed E-state index contributed by atoms with van der Waals surface area (Å²) in [5.41, 5.74) is 0.539. The Morgan fingerprint density at radius 1 is 1.16 bits per heavy atom. The van der Waals surface area contributed by atoms with Crippen molar-refractivity contribution < 1.29 is 17.9 Å². The van der Waals surface area contributed by atoms with Gasteiger partial charge in [0.25, 0.3) is 0 Å². The summed E-state index contributed by atoms with van der Waals surface area (Å²) in [4.78, 5) is -0.249. The fourth-order valence-corrected chi connectivity index (χ4v) is 3.33. The zero-order valence-electron chi connectivity index (χ0n) is 14.1. The molecule has 0 atom stereocenters. The molecule has 2 aromatic rings. The summed E-state index contributed by atoms with van der Waals surface area (Å²) in [6.07, 6.45) is 2.19. The molecular formula is C19H19NO4S. The molecule has 2 rings (SSSR count). The van der Waals surface area contributed by atoms with Crippen molar-refractivity contribution in [2.45, 2.75) is 18.2 Å². The minimum atomic E-state index is -3.87. The van der Waals surface area contributed by atoms with E-state index in [1.165, 1.54) is 25.3 Å². The van der Waals surface area contributed by atoms with Crippen molar-refractivity contribution in [1.82, 2.24) is 0 Å². The molecule has 2 aromatic carbocycles. The molecule has 0 spiro atoms. The minimum Gasteiger partial charge on any atom is -0.493 e. The fraction of sp³-hybridized carbons (Fsp3) is 0.211. The number of ether oxygens (including phenoxy) is 2. The third-order valence-electron chi connectivity index (χ3n) is 3.40. The van der Waals surface area contributed by atoms with E-state index < -0.39 is 9.84 Å². The molecule has 0 bridgehead atoms. The zero-order chi connectivity index (χ0) is 18.3. The summed E-state index contributed by atoms with van der Waals surface area (Å²) in [6, 6.07) is 14.7. The molecule has 0 amide bonds. The van der Waals surface area contributed by atoms with Gasteiger partial charge in [0.2, 0.25) is 9.84 Å². The van der Waals surface area contributed by atoms with Gasteiger partial charge >= 0.3 is 0 Å². The van der Waals surface area contributed by atoms with Crippen molar-refractivity contribution >= 4 is 15.9 Å².